The van der Waals surface area contributed by atoms with E-state index < -0.39 is 18.1 Å². The molecule has 2 aromatic rings. The van der Waals surface area contributed by atoms with E-state index in [2.05, 4.69) is 5.32 Å². The van der Waals surface area contributed by atoms with E-state index in [9.17, 15) is 18.0 Å². The molecule has 0 aliphatic carbocycles. The third-order valence-electron chi connectivity index (χ3n) is 4.02. The molecule has 0 unspecified atom stereocenters. The maximum atomic E-state index is 12.3. The van der Waals surface area contributed by atoms with Gasteiger partial charge in [-0.1, -0.05) is 42.5 Å². The molecule has 146 valence electrons. The molecule has 0 aromatic heterocycles. The molecular weight excluding hydrogens is 353 g/mol. The van der Waals surface area contributed by atoms with Crippen LogP contribution in [-0.4, -0.2) is 17.6 Å². The molecule has 6 heteroatoms. The highest BCUT2D eigenvalue weighted by molar-refractivity contribution is 5.77. The van der Waals surface area contributed by atoms with Gasteiger partial charge in [0.05, 0.1) is 0 Å². The van der Waals surface area contributed by atoms with E-state index >= 15 is 0 Å². The van der Waals surface area contributed by atoms with Crippen LogP contribution < -0.4 is 11.1 Å². The predicted octanol–water partition coefficient (Wildman–Crippen LogP) is 4.59. The van der Waals surface area contributed by atoms with Crippen LogP contribution >= 0.6 is 0 Å². The Morgan fingerprint density at radius 1 is 1.00 bits per heavy atom. The summed E-state index contributed by atoms with van der Waals surface area (Å²) in [6, 6.07) is 14.8. The summed E-state index contributed by atoms with van der Waals surface area (Å²) >= 11 is 0. The van der Waals surface area contributed by atoms with E-state index in [-0.39, 0.29) is 18.7 Å². The van der Waals surface area contributed by atoms with Crippen molar-refractivity contribution in [2.75, 3.05) is 0 Å². The van der Waals surface area contributed by atoms with Crippen molar-refractivity contribution in [2.45, 2.75) is 51.4 Å². The van der Waals surface area contributed by atoms with Crippen LogP contribution in [0.2, 0.25) is 0 Å². The minimum absolute atomic E-state index is 0.0205. The molecule has 2 aromatic carbocycles. The maximum Gasteiger partial charge on any atom is 0.389 e. The number of hydrogen-bond donors (Lipinski definition) is 2. The molecule has 27 heavy (non-hydrogen) atoms. The number of nitrogens with two attached hydrogens (primary N) is 1. The number of amides is 1. The molecule has 2 rings (SSSR count). The Kier molecular flexibility index (Phi) is 6.65. The average Bonchev–Trinajstić information content (AvgIpc) is 2.57. The SMILES string of the molecule is CC(C)(N)CC(=O)NCc1cccc(-c2ccc(CCC(F)(F)F)cc2)c1. The fourth-order valence-corrected chi connectivity index (χ4v) is 2.69. The van der Waals surface area contributed by atoms with Gasteiger partial charge in [0.2, 0.25) is 5.91 Å². The van der Waals surface area contributed by atoms with Crippen LogP contribution in [0.5, 0.6) is 0 Å². The van der Waals surface area contributed by atoms with Gasteiger partial charge in [-0.15, -0.1) is 0 Å². The fraction of sp³-hybridized carbons (Fsp3) is 0.381. The van der Waals surface area contributed by atoms with Gasteiger partial charge in [0.1, 0.15) is 0 Å². The van der Waals surface area contributed by atoms with E-state index in [1.54, 1.807) is 26.0 Å². The zero-order valence-electron chi connectivity index (χ0n) is 15.6. The van der Waals surface area contributed by atoms with Crippen LogP contribution in [0.15, 0.2) is 48.5 Å². The number of aryl methyl sites for hydroxylation is 1. The van der Waals surface area contributed by atoms with E-state index in [1.165, 1.54) is 0 Å². The van der Waals surface area contributed by atoms with E-state index in [1.807, 2.05) is 36.4 Å². The van der Waals surface area contributed by atoms with Crippen molar-refractivity contribution in [3.8, 4) is 11.1 Å². The third-order valence-corrected chi connectivity index (χ3v) is 4.02. The molecule has 0 fully saturated rings. The lowest BCUT2D eigenvalue weighted by molar-refractivity contribution is -0.134. The lowest BCUT2D eigenvalue weighted by Gasteiger charge is -2.17. The average molecular weight is 378 g/mol. The monoisotopic (exact) mass is 378 g/mol. The van der Waals surface area contributed by atoms with Crippen LogP contribution in [0.25, 0.3) is 11.1 Å². The summed E-state index contributed by atoms with van der Waals surface area (Å²) < 4.78 is 36.9. The summed E-state index contributed by atoms with van der Waals surface area (Å²) in [4.78, 5) is 11.9. The first-order chi connectivity index (χ1) is 12.5. The summed E-state index contributed by atoms with van der Waals surface area (Å²) in [5, 5.41) is 2.85. The quantitative estimate of drug-likeness (QED) is 0.740. The molecule has 0 heterocycles. The van der Waals surface area contributed by atoms with Crippen LogP contribution in [-0.2, 0) is 17.8 Å². The number of benzene rings is 2. The zero-order chi connectivity index (χ0) is 20.1. The Bertz CT molecular complexity index is 762. The molecule has 0 spiro atoms. The molecular formula is C21H25F3N2O. The molecule has 0 atom stereocenters. The van der Waals surface area contributed by atoms with Gasteiger partial charge in [-0.3, -0.25) is 4.79 Å². The lowest BCUT2D eigenvalue weighted by atomic mass is 10.00. The van der Waals surface area contributed by atoms with Crippen LogP contribution in [0.3, 0.4) is 0 Å². The summed E-state index contributed by atoms with van der Waals surface area (Å²) in [7, 11) is 0. The summed E-state index contributed by atoms with van der Waals surface area (Å²) in [5.41, 5.74) is 8.75. The third kappa shape index (κ3) is 7.83. The fourth-order valence-electron chi connectivity index (χ4n) is 2.69. The van der Waals surface area contributed by atoms with Gasteiger partial charge in [0.25, 0.3) is 0 Å². The van der Waals surface area contributed by atoms with Crippen LogP contribution in [0.1, 0.15) is 37.8 Å². The van der Waals surface area contributed by atoms with Gasteiger partial charge in [-0.2, -0.15) is 13.2 Å². The molecule has 0 saturated heterocycles. The normalized spacial score (nSPS) is 12.1. The molecule has 0 saturated carbocycles. The number of halogens is 3. The number of nitrogens with one attached hydrogen (secondary N) is 1. The number of alkyl halides is 3. The minimum Gasteiger partial charge on any atom is -0.352 e. The molecule has 0 radical (unpaired) electrons. The van der Waals surface area contributed by atoms with Crippen molar-refractivity contribution >= 4 is 5.91 Å². The number of rotatable bonds is 7. The number of carbonyl (C=O) groups is 1. The van der Waals surface area contributed by atoms with E-state index in [0.29, 0.717) is 12.1 Å². The molecule has 3 N–H and O–H groups in total. The lowest BCUT2D eigenvalue weighted by Crippen LogP contribution is -2.38. The highest BCUT2D eigenvalue weighted by Crippen LogP contribution is 2.24. The first-order valence-electron chi connectivity index (χ1n) is 8.82. The van der Waals surface area contributed by atoms with Gasteiger partial charge in [-0.05, 0) is 48.6 Å². The Balaban J connectivity index is 1.99. The predicted molar refractivity (Wildman–Crippen MR) is 101 cm³/mol. The second-order valence-electron chi connectivity index (χ2n) is 7.45. The molecule has 0 aliphatic heterocycles. The summed E-state index contributed by atoms with van der Waals surface area (Å²) in [6.07, 6.45) is -4.74. The van der Waals surface area contributed by atoms with Crippen molar-refractivity contribution in [1.29, 1.82) is 0 Å². The highest BCUT2D eigenvalue weighted by Gasteiger charge is 2.26. The summed E-state index contributed by atoms with van der Waals surface area (Å²) in [5.74, 6) is -0.109. The smallest absolute Gasteiger partial charge is 0.352 e. The number of carbonyl (C=O) groups excluding carboxylic acids is 1. The first-order valence-corrected chi connectivity index (χ1v) is 8.82. The zero-order valence-corrected chi connectivity index (χ0v) is 15.6. The Morgan fingerprint density at radius 2 is 1.67 bits per heavy atom. The Morgan fingerprint density at radius 3 is 2.26 bits per heavy atom. The Labute approximate surface area is 157 Å². The van der Waals surface area contributed by atoms with Crippen molar-refractivity contribution in [3.63, 3.8) is 0 Å². The Hall–Kier alpha value is -2.34. The molecule has 3 nitrogen and oxygen atoms in total. The second kappa shape index (κ2) is 8.57. The topological polar surface area (TPSA) is 55.1 Å². The minimum atomic E-state index is -4.14. The van der Waals surface area contributed by atoms with Gasteiger partial charge in [0.15, 0.2) is 0 Å². The van der Waals surface area contributed by atoms with Crippen molar-refractivity contribution in [1.82, 2.24) is 5.32 Å². The van der Waals surface area contributed by atoms with Crippen molar-refractivity contribution in [2.24, 2.45) is 5.73 Å². The van der Waals surface area contributed by atoms with Gasteiger partial charge in [0, 0.05) is 24.9 Å². The van der Waals surface area contributed by atoms with E-state index in [4.69, 9.17) is 5.73 Å². The van der Waals surface area contributed by atoms with Gasteiger partial charge >= 0.3 is 6.18 Å². The van der Waals surface area contributed by atoms with Crippen molar-refractivity contribution < 1.29 is 18.0 Å². The van der Waals surface area contributed by atoms with Gasteiger partial charge in [-0.25, -0.2) is 0 Å². The largest absolute Gasteiger partial charge is 0.389 e. The van der Waals surface area contributed by atoms with Crippen molar-refractivity contribution in [3.05, 3.63) is 59.7 Å². The van der Waals surface area contributed by atoms with Crippen LogP contribution in [0, 0.1) is 0 Å². The first kappa shape index (κ1) is 21.0. The molecule has 0 aliphatic rings. The van der Waals surface area contributed by atoms with Crippen LogP contribution in [0.4, 0.5) is 13.2 Å². The molecule has 1 amide bonds. The summed E-state index contributed by atoms with van der Waals surface area (Å²) in [6.45, 7) is 3.99. The molecule has 0 bridgehead atoms. The highest BCUT2D eigenvalue weighted by atomic mass is 19.4. The maximum absolute atomic E-state index is 12.3. The van der Waals surface area contributed by atoms with Gasteiger partial charge < -0.3 is 11.1 Å². The van der Waals surface area contributed by atoms with E-state index in [0.717, 1.165) is 16.7 Å². The number of hydrogen-bond acceptors (Lipinski definition) is 2. The second-order valence-corrected chi connectivity index (χ2v) is 7.45. The standard InChI is InChI=1S/C21H25F3N2O/c1-20(2,25)13-19(27)26-14-16-4-3-5-18(12-16)17-8-6-15(7-9-17)10-11-21(22,23)24/h3-9,12H,10-11,13-14,25H2,1-2H3,(H,26,27).